The van der Waals surface area contributed by atoms with E-state index in [4.69, 9.17) is 4.74 Å². The molecule has 22 heavy (non-hydrogen) atoms. The number of hydrogen-bond donors (Lipinski definition) is 1. The van der Waals surface area contributed by atoms with Gasteiger partial charge in [0.2, 0.25) is 0 Å². The zero-order valence-electron chi connectivity index (χ0n) is 13.2. The molecule has 0 bridgehead atoms. The summed E-state index contributed by atoms with van der Waals surface area (Å²) in [5, 5.41) is 2.91. The van der Waals surface area contributed by atoms with Gasteiger partial charge in [-0.1, -0.05) is 12.1 Å². The van der Waals surface area contributed by atoms with E-state index in [-0.39, 0.29) is 17.9 Å². The van der Waals surface area contributed by atoms with E-state index >= 15 is 0 Å². The van der Waals surface area contributed by atoms with E-state index in [0.717, 1.165) is 44.4 Å². The van der Waals surface area contributed by atoms with Crippen LogP contribution < -0.4 is 5.32 Å². The number of nitrogens with zero attached hydrogens (tertiary/aromatic N) is 1. The van der Waals surface area contributed by atoms with Gasteiger partial charge in [-0.2, -0.15) is 0 Å². The zero-order chi connectivity index (χ0) is 15.8. The summed E-state index contributed by atoms with van der Waals surface area (Å²) in [5.41, 5.74) is 0.779. The molecule has 1 aliphatic heterocycles. The summed E-state index contributed by atoms with van der Waals surface area (Å²) in [6.07, 6.45) is 5.21. The van der Waals surface area contributed by atoms with E-state index in [1.165, 1.54) is 18.6 Å². The molecule has 0 aromatic heterocycles. The standard InChI is InChI=1S/C17H25FN2O2/c1-22-11-5-9-16-8-2-3-10-20(16)17(21)19-13-14-6-4-7-15(18)12-14/h4,6-7,12,16H,2-3,5,8-11,13H2,1H3,(H,19,21). The second kappa shape index (κ2) is 8.73. The molecule has 2 amide bonds. The fourth-order valence-corrected chi connectivity index (χ4v) is 2.96. The fourth-order valence-electron chi connectivity index (χ4n) is 2.96. The lowest BCUT2D eigenvalue weighted by atomic mass is 9.98. The lowest BCUT2D eigenvalue weighted by Gasteiger charge is -2.35. The molecule has 0 saturated carbocycles. The van der Waals surface area contributed by atoms with Crippen molar-refractivity contribution in [3.63, 3.8) is 0 Å². The number of piperidine rings is 1. The Morgan fingerprint density at radius 1 is 1.45 bits per heavy atom. The van der Waals surface area contributed by atoms with Crippen LogP contribution in [0.1, 0.15) is 37.7 Å². The molecule has 1 N–H and O–H groups in total. The van der Waals surface area contributed by atoms with Crippen molar-refractivity contribution >= 4 is 6.03 Å². The van der Waals surface area contributed by atoms with E-state index in [9.17, 15) is 9.18 Å². The maximum Gasteiger partial charge on any atom is 0.317 e. The Bertz CT molecular complexity index is 481. The predicted molar refractivity (Wildman–Crippen MR) is 84.1 cm³/mol. The quantitative estimate of drug-likeness (QED) is 0.819. The molecule has 1 aliphatic rings. The number of carbonyl (C=O) groups is 1. The Morgan fingerprint density at radius 2 is 2.32 bits per heavy atom. The number of benzene rings is 1. The molecule has 1 saturated heterocycles. The van der Waals surface area contributed by atoms with Crippen LogP contribution in [0.15, 0.2) is 24.3 Å². The Labute approximate surface area is 131 Å². The van der Waals surface area contributed by atoms with Crippen LogP contribution in [-0.2, 0) is 11.3 Å². The highest BCUT2D eigenvalue weighted by molar-refractivity contribution is 5.74. The highest BCUT2D eigenvalue weighted by atomic mass is 19.1. The molecule has 4 nitrogen and oxygen atoms in total. The monoisotopic (exact) mass is 308 g/mol. The second-order valence-corrected chi connectivity index (χ2v) is 5.77. The first kappa shape index (κ1) is 16.7. The number of carbonyl (C=O) groups excluding carboxylic acids is 1. The summed E-state index contributed by atoms with van der Waals surface area (Å²) in [5.74, 6) is -0.276. The fraction of sp³-hybridized carbons (Fsp3) is 0.588. The van der Waals surface area contributed by atoms with Crippen LogP contribution in [0.4, 0.5) is 9.18 Å². The van der Waals surface area contributed by atoms with Crippen molar-refractivity contribution in [3.05, 3.63) is 35.6 Å². The average Bonchev–Trinajstić information content (AvgIpc) is 2.53. The average molecular weight is 308 g/mol. The van der Waals surface area contributed by atoms with Crippen LogP contribution in [0.5, 0.6) is 0 Å². The summed E-state index contributed by atoms with van der Waals surface area (Å²) in [7, 11) is 1.70. The molecule has 122 valence electrons. The molecule has 0 spiro atoms. The van der Waals surface area contributed by atoms with Crippen LogP contribution in [0.3, 0.4) is 0 Å². The van der Waals surface area contributed by atoms with Gasteiger partial charge < -0.3 is 15.0 Å². The highest BCUT2D eigenvalue weighted by Crippen LogP contribution is 2.21. The SMILES string of the molecule is COCCCC1CCCCN1C(=O)NCc1cccc(F)c1. The van der Waals surface area contributed by atoms with Gasteiger partial charge in [-0.3, -0.25) is 0 Å². The Kier molecular flexibility index (Phi) is 6.65. The number of methoxy groups -OCH3 is 1. The van der Waals surface area contributed by atoms with Crippen molar-refractivity contribution in [2.24, 2.45) is 0 Å². The van der Waals surface area contributed by atoms with Gasteiger partial charge in [0.05, 0.1) is 0 Å². The van der Waals surface area contributed by atoms with Gasteiger partial charge in [0.25, 0.3) is 0 Å². The molecule has 1 fully saturated rings. The van der Waals surface area contributed by atoms with Crippen molar-refractivity contribution in [1.29, 1.82) is 0 Å². The lowest BCUT2D eigenvalue weighted by Crippen LogP contribution is -2.48. The smallest absolute Gasteiger partial charge is 0.317 e. The van der Waals surface area contributed by atoms with Crippen LogP contribution in [0.2, 0.25) is 0 Å². The van der Waals surface area contributed by atoms with Crippen molar-refractivity contribution in [2.45, 2.75) is 44.7 Å². The number of halogens is 1. The Hall–Kier alpha value is -1.62. The van der Waals surface area contributed by atoms with Crippen LogP contribution >= 0.6 is 0 Å². The number of hydrogen-bond acceptors (Lipinski definition) is 2. The maximum atomic E-state index is 13.1. The summed E-state index contributed by atoms with van der Waals surface area (Å²) in [6, 6.07) is 6.57. The summed E-state index contributed by atoms with van der Waals surface area (Å²) >= 11 is 0. The van der Waals surface area contributed by atoms with Gasteiger partial charge in [-0.05, 0) is 49.8 Å². The molecule has 1 unspecified atom stereocenters. The largest absolute Gasteiger partial charge is 0.385 e. The molecule has 0 aliphatic carbocycles. The third-order valence-corrected chi connectivity index (χ3v) is 4.11. The predicted octanol–water partition coefficient (Wildman–Crippen LogP) is 3.32. The number of ether oxygens (including phenoxy) is 1. The molecule has 1 heterocycles. The number of likely N-dealkylation sites (tertiary alicyclic amines) is 1. The normalized spacial score (nSPS) is 18.3. The highest BCUT2D eigenvalue weighted by Gasteiger charge is 2.25. The minimum absolute atomic E-state index is 0.0496. The first-order valence-electron chi connectivity index (χ1n) is 7.98. The van der Waals surface area contributed by atoms with Gasteiger partial charge in [0.1, 0.15) is 5.82 Å². The molecule has 2 rings (SSSR count). The Morgan fingerprint density at radius 3 is 3.09 bits per heavy atom. The maximum absolute atomic E-state index is 13.1. The Balaban J connectivity index is 1.85. The third kappa shape index (κ3) is 4.98. The number of urea groups is 1. The van der Waals surface area contributed by atoms with E-state index in [1.54, 1.807) is 13.2 Å². The van der Waals surface area contributed by atoms with E-state index in [2.05, 4.69) is 5.32 Å². The van der Waals surface area contributed by atoms with Gasteiger partial charge in [-0.15, -0.1) is 0 Å². The number of amides is 2. The van der Waals surface area contributed by atoms with Gasteiger partial charge in [0.15, 0.2) is 0 Å². The van der Waals surface area contributed by atoms with Gasteiger partial charge in [0, 0.05) is 32.8 Å². The van der Waals surface area contributed by atoms with Crippen molar-refractivity contribution in [2.75, 3.05) is 20.3 Å². The van der Waals surface area contributed by atoms with Crippen molar-refractivity contribution < 1.29 is 13.9 Å². The van der Waals surface area contributed by atoms with Crippen molar-refractivity contribution in [3.8, 4) is 0 Å². The van der Waals surface area contributed by atoms with E-state index in [0.29, 0.717) is 6.54 Å². The summed E-state index contributed by atoms with van der Waals surface area (Å²) in [6.45, 7) is 1.89. The minimum Gasteiger partial charge on any atom is -0.385 e. The van der Waals surface area contributed by atoms with E-state index < -0.39 is 0 Å². The molecular formula is C17H25FN2O2. The van der Waals surface area contributed by atoms with Gasteiger partial charge >= 0.3 is 6.03 Å². The summed E-state index contributed by atoms with van der Waals surface area (Å²) < 4.78 is 18.2. The molecule has 0 radical (unpaired) electrons. The van der Waals surface area contributed by atoms with Gasteiger partial charge in [-0.25, -0.2) is 9.18 Å². The second-order valence-electron chi connectivity index (χ2n) is 5.77. The molecule has 1 aromatic carbocycles. The molecule has 1 atom stereocenters. The molecule has 5 heteroatoms. The van der Waals surface area contributed by atoms with Crippen LogP contribution in [0.25, 0.3) is 0 Å². The molecular weight excluding hydrogens is 283 g/mol. The molecule has 1 aromatic rings. The minimum atomic E-state index is -0.276. The zero-order valence-corrected chi connectivity index (χ0v) is 13.2. The summed E-state index contributed by atoms with van der Waals surface area (Å²) in [4.78, 5) is 14.3. The number of rotatable bonds is 6. The topological polar surface area (TPSA) is 41.6 Å². The first-order chi connectivity index (χ1) is 10.7. The van der Waals surface area contributed by atoms with Crippen LogP contribution in [0, 0.1) is 5.82 Å². The van der Waals surface area contributed by atoms with E-state index in [1.807, 2.05) is 11.0 Å². The lowest BCUT2D eigenvalue weighted by molar-refractivity contribution is 0.133. The van der Waals surface area contributed by atoms with Crippen molar-refractivity contribution in [1.82, 2.24) is 10.2 Å². The first-order valence-corrected chi connectivity index (χ1v) is 7.98. The number of nitrogens with one attached hydrogen (secondary N) is 1. The third-order valence-electron chi connectivity index (χ3n) is 4.11. The van der Waals surface area contributed by atoms with Crippen LogP contribution in [-0.4, -0.2) is 37.2 Å².